The van der Waals surface area contributed by atoms with Gasteiger partial charge in [0.1, 0.15) is 9.39 Å². The van der Waals surface area contributed by atoms with Gasteiger partial charge in [0, 0.05) is 6.54 Å². The van der Waals surface area contributed by atoms with E-state index < -0.39 is 0 Å². The average molecular weight is 340 g/mol. The van der Waals surface area contributed by atoms with Crippen LogP contribution < -0.4 is 10.9 Å². The molecule has 1 aromatic heterocycles. The van der Waals surface area contributed by atoms with Crippen LogP contribution in [0.1, 0.15) is 12.8 Å². The lowest BCUT2D eigenvalue weighted by atomic mass is 10.3. The van der Waals surface area contributed by atoms with E-state index in [9.17, 15) is 4.79 Å². The van der Waals surface area contributed by atoms with Crippen LogP contribution in [0, 0.1) is 9.49 Å². The van der Waals surface area contributed by atoms with Gasteiger partial charge in [-0.25, -0.2) is 4.98 Å². The molecule has 1 fully saturated rings. The molecule has 0 aromatic carbocycles. The highest BCUT2D eigenvalue weighted by atomic mass is 127. The second-order valence-corrected chi connectivity index (χ2v) is 5.27. The van der Waals surface area contributed by atoms with E-state index >= 15 is 0 Å². The van der Waals surface area contributed by atoms with Crippen molar-refractivity contribution < 1.29 is 0 Å². The van der Waals surface area contributed by atoms with Crippen molar-refractivity contribution in [1.29, 1.82) is 0 Å². The van der Waals surface area contributed by atoms with Crippen LogP contribution in [0.4, 0.5) is 5.82 Å². The standard InChI is InChI=1S/C9H11ClIN3O/c10-6(5-1-2-5)3-12-8-7(11)9(15)14-4-13-8/h4-6H,1-3H2,(H2,12,13,14,15). The Morgan fingerprint density at radius 2 is 2.47 bits per heavy atom. The molecule has 0 amide bonds. The summed E-state index contributed by atoms with van der Waals surface area (Å²) in [6, 6.07) is 0. The second-order valence-electron chi connectivity index (χ2n) is 3.63. The lowest BCUT2D eigenvalue weighted by molar-refractivity contribution is 0.767. The van der Waals surface area contributed by atoms with Crippen molar-refractivity contribution in [3.8, 4) is 0 Å². The highest BCUT2D eigenvalue weighted by Crippen LogP contribution is 2.35. The Hall–Kier alpha value is -0.300. The third-order valence-corrected chi connectivity index (χ3v) is 3.91. The molecule has 6 heteroatoms. The van der Waals surface area contributed by atoms with Crippen LogP contribution in [0.25, 0.3) is 0 Å². The van der Waals surface area contributed by atoms with Crippen LogP contribution in [0.2, 0.25) is 0 Å². The average Bonchev–Trinajstić information content (AvgIpc) is 3.03. The van der Waals surface area contributed by atoms with Gasteiger partial charge in [-0.1, -0.05) is 0 Å². The zero-order valence-corrected chi connectivity index (χ0v) is 10.9. The Morgan fingerprint density at radius 3 is 3.13 bits per heavy atom. The fraction of sp³-hybridized carbons (Fsp3) is 0.556. The smallest absolute Gasteiger partial charge is 0.266 e. The van der Waals surface area contributed by atoms with Gasteiger partial charge < -0.3 is 10.3 Å². The molecule has 0 bridgehead atoms. The highest BCUT2D eigenvalue weighted by molar-refractivity contribution is 14.1. The maximum absolute atomic E-state index is 11.3. The Bertz CT molecular complexity index is 405. The predicted octanol–water partition coefficient (Wildman–Crippen LogP) is 1.80. The summed E-state index contributed by atoms with van der Waals surface area (Å²) < 4.78 is 0.578. The van der Waals surface area contributed by atoms with Gasteiger partial charge in [0.2, 0.25) is 0 Å². The summed E-state index contributed by atoms with van der Waals surface area (Å²) in [5, 5.41) is 3.24. The van der Waals surface area contributed by atoms with Gasteiger partial charge in [0.15, 0.2) is 0 Å². The van der Waals surface area contributed by atoms with E-state index in [1.54, 1.807) is 0 Å². The van der Waals surface area contributed by atoms with Crippen molar-refractivity contribution >= 4 is 40.0 Å². The molecule has 82 valence electrons. The molecule has 0 saturated heterocycles. The monoisotopic (exact) mass is 339 g/mol. The largest absolute Gasteiger partial charge is 0.367 e. The number of H-pyrrole nitrogens is 1. The van der Waals surface area contributed by atoms with E-state index in [4.69, 9.17) is 11.6 Å². The Balaban J connectivity index is 1.98. The van der Waals surface area contributed by atoms with Gasteiger partial charge in [-0.2, -0.15) is 0 Å². The molecule has 1 atom stereocenters. The molecule has 0 radical (unpaired) electrons. The molecular weight excluding hydrogens is 328 g/mol. The van der Waals surface area contributed by atoms with Gasteiger partial charge in [-0.3, -0.25) is 4.79 Å². The molecule has 0 spiro atoms. The molecule has 1 aliphatic rings. The molecule has 2 rings (SSSR count). The number of alkyl halides is 1. The maximum atomic E-state index is 11.3. The summed E-state index contributed by atoms with van der Waals surface area (Å²) in [5.41, 5.74) is -0.120. The van der Waals surface area contributed by atoms with E-state index in [0.717, 1.165) is 0 Å². The minimum absolute atomic E-state index is 0.120. The third kappa shape index (κ3) is 2.84. The van der Waals surface area contributed by atoms with E-state index in [2.05, 4.69) is 15.3 Å². The number of aromatic nitrogens is 2. The summed E-state index contributed by atoms with van der Waals surface area (Å²) >= 11 is 8.11. The number of hydrogen-bond donors (Lipinski definition) is 2. The van der Waals surface area contributed by atoms with Crippen molar-refractivity contribution in [2.75, 3.05) is 11.9 Å². The quantitative estimate of drug-likeness (QED) is 0.650. The minimum atomic E-state index is -0.120. The number of nitrogens with one attached hydrogen (secondary N) is 2. The van der Waals surface area contributed by atoms with E-state index in [0.29, 0.717) is 21.9 Å². The molecule has 1 aromatic rings. The summed E-state index contributed by atoms with van der Waals surface area (Å²) in [7, 11) is 0. The normalized spacial score (nSPS) is 17.5. The first-order chi connectivity index (χ1) is 7.18. The Kier molecular flexibility index (Phi) is 3.50. The van der Waals surface area contributed by atoms with Crippen LogP contribution in [-0.2, 0) is 0 Å². The van der Waals surface area contributed by atoms with Crippen LogP contribution >= 0.6 is 34.2 Å². The molecule has 0 aliphatic heterocycles. The molecule has 2 N–H and O–H groups in total. The number of hydrogen-bond acceptors (Lipinski definition) is 3. The maximum Gasteiger partial charge on any atom is 0.266 e. The van der Waals surface area contributed by atoms with Gasteiger partial charge in [0.25, 0.3) is 5.56 Å². The van der Waals surface area contributed by atoms with E-state index in [-0.39, 0.29) is 10.9 Å². The fourth-order valence-electron chi connectivity index (χ4n) is 1.33. The SMILES string of the molecule is O=c1[nH]cnc(NCC(Cl)C2CC2)c1I. The van der Waals surface area contributed by atoms with Crippen LogP contribution in [0.5, 0.6) is 0 Å². The molecule has 1 heterocycles. The van der Waals surface area contributed by atoms with Crippen LogP contribution in [-0.4, -0.2) is 21.9 Å². The van der Waals surface area contributed by atoms with Crippen molar-refractivity contribution in [2.45, 2.75) is 18.2 Å². The second kappa shape index (κ2) is 4.69. The first-order valence-electron chi connectivity index (χ1n) is 4.79. The number of rotatable bonds is 4. The van der Waals surface area contributed by atoms with E-state index in [1.807, 2.05) is 22.6 Å². The minimum Gasteiger partial charge on any atom is -0.367 e. The molecule has 1 saturated carbocycles. The van der Waals surface area contributed by atoms with Crippen LogP contribution in [0.15, 0.2) is 11.1 Å². The summed E-state index contributed by atoms with van der Waals surface area (Å²) in [5.74, 6) is 1.25. The zero-order valence-electron chi connectivity index (χ0n) is 7.96. The molecule has 15 heavy (non-hydrogen) atoms. The van der Waals surface area contributed by atoms with Gasteiger partial charge in [-0.05, 0) is 41.4 Å². The van der Waals surface area contributed by atoms with E-state index in [1.165, 1.54) is 19.2 Å². The third-order valence-electron chi connectivity index (χ3n) is 2.39. The molecule has 1 aliphatic carbocycles. The first-order valence-corrected chi connectivity index (χ1v) is 6.31. The summed E-state index contributed by atoms with van der Waals surface area (Å²) in [6.07, 6.45) is 3.83. The predicted molar refractivity (Wildman–Crippen MR) is 68.4 cm³/mol. The van der Waals surface area contributed by atoms with Crippen molar-refractivity contribution in [3.05, 3.63) is 20.3 Å². The fourth-order valence-corrected chi connectivity index (χ4v) is 2.14. The first kappa shape index (κ1) is 11.2. The lowest BCUT2D eigenvalue weighted by Crippen LogP contribution is -2.20. The van der Waals surface area contributed by atoms with Crippen molar-refractivity contribution in [1.82, 2.24) is 9.97 Å². The number of halogens is 2. The number of anilines is 1. The van der Waals surface area contributed by atoms with Gasteiger partial charge >= 0.3 is 0 Å². The number of aromatic amines is 1. The zero-order chi connectivity index (χ0) is 10.8. The summed E-state index contributed by atoms with van der Waals surface area (Å²) in [4.78, 5) is 17.8. The topological polar surface area (TPSA) is 57.8 Å². The van der Waals surface area contributed by atoms with Gasteiger partial charge in [-0.15, -0.1) is 11.6 Å². The lowest BCUT2D eigenvalue weighted by Gasteiger charge is -2.10. The molecular formula is C9H11ClIN3O. The Labute approximate surface area is 106 Å². The van der Waals surface area contributed by atoms with Crippen molar-refractivity contribution in [3.63, 3.8) is 0 Å². The molecule has 1 unspecified atom stereocenters. The summed E-state index contributed by atoms with van der Waals surface area (Å²) in [6.45, 7) is 0.665. The molecule has 4 nitrogen and oxygen atoms in total. The van der Waals surface area contributed by atoms with Crippen LogP contribution in [0.3, 0.4) is 0 Å². The van der Waals surface area contributed by atoms with Gasteiger partial charge in [0.05, 0.1) is 11.7 Å². The van der Waals surface area contributed by atoms with Crippen molar-refractivity contribution in [2.24, 2.45) is 5.92 Å². The Morgan fingerprint density at radius 1 is 1.73 bits per heavy atom. The number of nitrogens with zero attached hydrogens (tertiary/aromatic N) is 1. The highest BCUT2D eigenvalue weighted by Gasteiger charge is 2.29.